The minimum Gasteiger partial charge on any atom is -0.309 e. The molecule has 0 radical (unpaired) electrons. The van der Waals surface area contributed by atoms with E-state index in [9.17, 15) is 0 Å². The second-order valence-electron chi connectivity index (χ2n) is 15.4. The van der Waals surface area contributed by atoms with Crippen molar-refractivity contribution in [3.8, 4) is 22.3 Å². The molecule has 0 unspecified atom stereocenters. The Labute approximate surface area is 306 Å². The lowest BCUT2D eigenvalue weighted by Gasteiger charge is -2.22. The van der Waals surface area contributed by atoms with Gasteiger partial charge in [0.2, 0.25) is 0 Å². The zero-order chi connectivity index (χ0) is 35.0. The maximum absolute atomic E-state index is 2.49. The second-order valence-corrected chi connectivity index (χ2v) is 15.4. The first-order valence-electron chi connectivity index (χ1n) is 18.6. The average Bonchev–Trinajstić information content (AvgIpc) is 3.80. The van der Waals surface area contributed by atoms with E-state index in [1.165, 1.54) is 98.5 Å². The van der Waals surface area contributed by atoms with Gasteiger partial charge in [-0.3, -0.25) is 0 Å². The smallest absolute Gasteiger partial charge is 0.0547 e. The van der Waals surface area contributed by atoms with Gasteiger partial charge >= 0.3 is 0 Å². The van der Waals surface area contributed by atoms with Crippen molar-refractivity contribution in [2.24, 2.45) is 0 Å². The minimum atomic E-state index is -0.0842. The molecule has 0 amide bonds. The molecule has 1 aliphatic rings. The van der Waals surface area contributed by atoms with Crippen LogP contribution in [0, 0.1) is 0 Å². The van der Waals surface area contributed by atoms with E-state index < -0.39 is 0 Å². The highest BCUT2D eigenvalue weighted by Gasteiger charge is 2.35. The van der Waals surface area contributed by atoms with Crippen molar-refractivity contribution in [1.82, 2.24) is 8.80 Å². The number of hydrogen-bond donors (Lipinski definition) is 0. The van der Waals surface area contributed by atoms with Crippen LogP contribution in [0.4, 0.5) is 0 Å². The lowest BCUT2D eigenvalue weighted by atomic mass is 9.81. The zero-order valence-electron chi connectivity index (χ0n) is 29.6. The van der Waals surface area contributed by atoms with Crippen molar-refractivity contribution in [3.63, 3.8) is 0 Å². The summed E-state index contributed by atoms with van der Waals surface area (Å²) < 4.78 is 4.99. The molecule has 0 atom stereocenters. The van der Waals surface area contributed by atoms with Gasteiger partial charge in [-0.25, -0.2) is 0 Å². The van der Waals surface area contributed by atoms with Gasteiger partial charge in [-0.15, -0.1) is 0 Å². The highest BCUT2D eigenvalue weighted by Crippen LogP contribution is 2.49. The number of fused-ring (bicyclic) bond motifs is 18. The Morgan fingerprint density at radius 1 is 0.340 bits per heavy atom. The molecule has 0 fully saturated rings. The third-order valence-electron chi connectivity index (χ3n) is 12.2. The molecule has 6 bridgehead atoms. The van der Waals surface area contributed by atoms with E-state index in [2.05, 4.69) is 193 Å². The number of rotatable bonds is 1. The van der Waals surface area contributed by atoms with E-state index in [1.807, 2.05) is 0 Å². The van der Waals surface area contributed by atoms with Crippen molar-refractivity contribution >= 4 is 76.2 Å². The molecule has 0 aliphatic heterocycles. The first-order chi connectivity index (χ1) is 26.0. The van der Waals surface area contributed by atoms with Gasteiger partial charge < -0.3 is 8.80 Å². The summed E-state index contributed by atoms with van der Waals surface area (Å²) in [4.78, 5) is 0. The predicted octanol–water partition coefficient (Wildman–Crippen LogP) is 13.6. The fourth-order valence-corrected chi connectivity index (χ4v) is 9.72. The third kappa shape index (κ3) is 3.87. The highest BCUT2D eigenvalue weighted by molar-refractivity contribution is 6.16. The zero-order valence-corrected chi connectivity index (χ0v) is 29.6. The molecule has 3 aromatic heterocycles. The van der Waals surface area contributed by atoms with Crippen LogP contribution < -0.4 is 0 Å². The topological polar surface area (TPSA) is 8.82 Å². The van der Waals surface area contributed by atoms with Crippen molar-refractivity contribution < 1.29 is 0 Å². The lowest BCUT2D eigenvalue weighted by Crippen LogP contribution is -2.14. The van der Waals surface area contributed by atoms with Crippen LogP contribution in [0.2, 0.25) is 0 Å². The van der Waals surface area contributed by atoms with Crippen LogP contribution in [0.15, 0.2) is 170 Å². The van der Waals surface area contributed by atoms with Gasteiger partial charge in [-0.1, -0.05) is 135 Å². The monoisotopic (exact) mass is 674 g/mol. The Bertz CT molecular complexity index is 3250. The Kier molecular flexibility index (Phi) is 5.60. The summed E-state index contributed by atoms with van der Waals surface area (Å²) >= 11 is 0. The average molecular weight is 675 g/mol. The highest BCUT2D eigenvalue weighted by atomic mass is 14.9. The Morgan fingerprint density at radius 2 is 0.830 bits per heavy atom. The van der Waals surface area contributed by atoms with E-state index >= 15 is 0 Å². The van der Waals surface area contributed by atoms with Crippen molar-refractivity contribution in [3.05, 3.63) is 181 Å². The van der Waals surface area contributed by atoms with Gasteiger partial charge in [0.05, 0.1) is 22.1 Å². The van der Waals surface area contributed by atoms with Gasteiger partial charge in [0, 0.05) is 38.0 Å². The van der Waals surface area contributed by atoms with E-state index in [1.54, 1.807) is 0 Å². The van der Waals surface area contributed by atoms with Crippen molar-refractivity contribution in [2.75, 3.05) is 0 Å². The van der Waals surface area contributed by atoms with Crippen LogP contribution in [0.3, 0.4) is 0 Å². The molecule has 2 heteroatoms. The number of benzene rings is 8. The van der Waals surface area contributed by atoms with Crippen LogP contribution in [0.25, 0.3) is 98.4 Å². The molecule has 12 rings (SSSR count). The van der Waals surface area contributed by atoms with Crippen LogP contribution in [-0.2, 0) is 5.41 Å². The first kappa shape index (κ1) is 29.0. The third-order valence-corrected chi connectivity index (χ3v) is 12.2. The van der Waals surface area contributed by atoms with Crippen LogP contribution in [-0.4, -0.2) is 8.80 Å². The molecule has 0 saturated carbocycles. The van der Waals surface area contributed by atoms with Gasteiger partial charge in [0.15, 0.2) is 0 Å². The quantitative estimate of drug-likeness (QED) is 0.164. The fraction of sp³-hybridized carbons (Fsp3) is 0.0588. The van der Waals surface area contributed by atoms with E-state index in [4.69, 9.17) is 0 Å². The minimum absolute atomic E-state index is 0.0842. The molecule has 3 heterocycles. The molecule has 8 aromatic carbocycles. The summed E-state index contributed by atoms with van der Waals surface area (Å²) in [7, 11) is 0. The number of hydrogen-bond acceptors (Lipinski definition) is 0. The molecule has 0 N–H and O–H groups in total. The normalized spacial score (nSPS) is 13.6. The summed E-state index contributed by atoms with van der Waals surface area (Å²) in [6.45, 7) is 4.74. The standard InChI is InChI=1S/C51H34N2/c1-51(2)45-16-8-5-13-39(45)40-22-19-31(27-46(40)51)34-25-35-30-36(26-34)53-48-18-10-7-15-42(48)44-24-21-33(29-50(44)53)38-12-4-3-11-37(38)32-20-23-43-41-14-6-9-17-47(41)52(35)49(43)28-32/h3-30H,1-2H3. The summed E-state index contributed by atoms with van der Waals surface area (Å²) in [5.41, 5.74) is 15.0. The summed E-state index contributed by atoms with van der Waals surface area (Å²) in [6, 6.07) is 64.0. The van der Waals surface area contributed by atoms with Gasteiger partial charge in [-0.2, -0.15) is 0 Å². The number of aromatic nitrogens is 2. The molecule has 0 spiro atoms. The SMILES string of the molecule is CC1(C)c2ccccc2-c2ccc(-c3cc4cc(c3)n3c5ccccc5c5ccc(cc53)c3ccccc3c3ccc5c6ccccc6n4c5c3)cc21. The Morgan fingerprint density at radius 3 is 1.43 bits per heavy atom. The maximum Gasteiger partial charge on any atom is 0.0547 e. The summed E-state index contributed by atoms with van der Waals surface area (Å²) in [5.74, 6) is 0. The second kappa shape index (κ2) is 10.2. The fourth-order valence-electron chi connectivity index (χ4n) is 9.72. The predicted molar refractivity (Wildman–Crippen MR) is 225 cm³/mol. The molecule has 0 saturated heterocycles. The first-order valence-corrected chi connectivity index (χ1v) is 18.6. The Balaban J connectivity index is 1.32. The van der Waals surface area contributed by atoms with Crippen molar-refractivity contribution in [1.29, 1.82) is 0 Å². The van der Waals surface area contributed by atoms with E-state index in [0.29, 0.717) is 0 Å². The van der Waals surface area contributed by atoms with E-state index in [0.717, 1.165) is 11.0 Å². The number of para-hydroxylation sites is 2. The maximum atomic E-state index is 2.49. The summed E-state index contributed by atoms with van der Waals surface area (Å²) in [6.07, 6.45) is 0. The molecule has 11 aromatic rings. The van der Waals surface area contributed by atoms with Crippen LogP contribution >= 0.6 is 0 Å². The van der Waals surface area contributed by atoms with E-state index in [-0.39, 0.29) is 5.41 Å². The Hall–Kier alpha value is -6.64. The van der Waals surface area contributed by atoms with Gasteiger partial charge in [-0.05, 0) is 103 Å². The lowest BCUT2D eigenvalue weighted by molar-refractivity contribution is 0.660. The molecule has 248 valence electrons. The molecule has 1 aliphatic carbocycles. The number of nitrogens with zero attached hydrogens (tertiary/aromatic N) is 2. The molecular formula is C51H34N2. The van der Waals surface area contributed by atoms with Gasteiger partial charge in [0.1, 0.15) is 0 Å². The summed E-state index contributed by atoms with van der Waals surface area (Å²) in [5, 5.41) is 9.95. The van der Waals surface area contributed by atoms with Gasteiger partial charge in [0.25, 0.3) is 0 Å². The molecule has 2 nitrogen and oxygen atoms in total. The molecule has 53 heavy (non-hydrogen) atoms. The van der Waals surface area contributed by atoms with Crippen LogP contribution in [0.5, 0.6) is 0 Å². The van der Waals surface area contributed by atoms with Crippen LogP contribution in [0.1, 0.15) is 25.0 Å². The molecular weight excluding hydrogens is 641 g/mol. The van der Waals surface area contributed by atoms with Crippen molar-refractivity contribution in [2.45, 2.75) is 19.3 Å². The largest absolute Gasteiger partial charge is 0.309 e.